The Kier molecular flexibility index (Phi) is 5.73. The molecule has 0 bridgehead atoms. The first-order chi connectivity index (χ1) is 12.6. The number of carbonyl (C=O) groups excluding carboxylic acids is 2. The van der Waals surface area contributed by atoms with Crippen molar-refractivity contribution >= 4 is 11.7 Å². The average Bonchev–Trinajstić information content (AvgIpc) is 3.34. The Labute approximate surface area is 153 Å². The molecule has 6 heteroatoms. The predicted molar refractivity (Wildman–Crippen MR) is 99.7 cm³/mol. The molecule has 6 nitrogen and oxygen atoms in total. The average molecular weight is 355 g/mol. The van der Waals surface area contributed by atoms with E-state index in [1.165, 1.54) is 19.8 Å². The van der Waals surface area contributed by atoms with Gasteiger partial charge in [0.25, 0.3) is 5.91 Å². The molecule has 1 aliphatic rings. The Hall–Kier alpha value is -2.60. The third kappa shape index (κ3) is 4.14. The van der Waals surface area contributed by atoms with Gasteiger partial charge in [0.1, 0.15) is 11.4 Å². The van der Waals surface area contributed by atoms with Crippen LogP contribution in [0.25, 0.3) is 0 Å². The number of amides is 1. The van der Waals surface area contributed by atoms with E-state index in [4.69, 9.17) is 4.74 Å². The summed E-state index contributed by atoms with van der Waals surface area (Å²) in [6.07, 6.45) is 3.93. The van der Waals surface area contributed by atoms with Crippen LogP contribution in [0.1, 0.15) is 52.2 Å². The van der Waals surface area contributed by atoms with E-state index < -0.39 is 0 Å². The number of ketones is 1. The number of aromatic nitrogens is 1. The fourth-order valence-electron chi connectivity index (χ4n) is 3.35. The first-order valence-corrected chi connectivity index (χ1v) is 8.94. The summed E-state index contributed by atoms with van der Waals surface area (Å²) < 4.78 is 5.24. The van der Waals surface area contributed by atoms with Crippen LogP contribution in [0.3, 0.4) is 0 Å². The molecule has 0 radical (unpaired) electrons. The summed E-state index contributed by atoms with van der Waals surface area (Å²) in [5.41, 5.74) is 2.08. The predicted octanol–water partition coefficient (Wildman–Crippen LogP) is 2.79. The number of aromatic amines is 1. The molecule has 1 atom stereocenters. The summed E-state index contributed by atoms with van der Waals surface area (Å²) in [5.74, 6) is 0.560. The van der Waals surface area contributed by atoms with Gasteiger partial charge in [-0.2, -0.15) is 0 Å². The fourth-order valence-corrected chi connectivity index (χ4v) is 3.35. The zero-order valence-corrected chi connectivity index (χ0v) is 15.2. The number of methoxy groups -OCH3 is 1. The van der Waals surface area contributed by atoms with Crippen molar-refractivity contribution in [2.24, 2.45) is 0 Å². The van der Waals surface area contributed by atoms with Crippen molar-refractivity contribution in [3.05, 3.63) is 53.3 Å². The lowest BCUT2D eigenvalue weighted by Gasteiger charge is -2.28. The minimum Gasteiger partial charge on any atom is -0.497 e. The van der Waals surface area contributed by atoms with Crippen molar-refractivity contribution in [2.75, 3.05) is 26.7 Å². The van der Waals surface area contributed by atoms with Crippen molar-refractivity contribution in [1.82, 2.24) is 15.2 Å². The summed E-state index contributed by atoms with van der Waals surface area (Å²) >= 11 is 0. The third-order valence-electron chi connectivity index (χ3n) is 4.87. The maximum atomic E-state index is 12.4. The summed E-state index contributed by atoms with van der Waals surface area (Å²) in [5, 5.41) is 3.00. The van der Waals surface area contributed by atoms with Gasteiger partial charge in [-0.3, -0.25) is 14.5 Å². The number of carbonyl (C=O) groups is 2. The number of benzene rings is 1. The van der Waals surface area contributed by atoms with Crippen molar-refractivity contribution in [2.45, 2.75) is 25.8 Å². The van der Waals surface area contributed by atoms with Gasteiger partial charge >= 0.3 is 0 Å². The Bertz CT molecular complexity index is 761. The van der Waals surface area contributed by atoms with Gasteiger partial charge in [0.05, 0.1) is 13.2 Å². The molecule has 26 heavy (non-hydrogen) atoms. The van der Waals surface area contributed by atoms with Crippen LogP contribution in [-0.2, 0) is 0 Å². The first-order valence-electron chi connectivity index (χ1n) is 8.94. The van der Waals surface area contributed by atoms with Gasteiger partial charge in [-0.25, -0.2) is 0 Å². The molecule has 2 heterocycles. The van der Waals surface area contributed by atoms with Crippen molar-refractivity contribution in [3.63, 3.8) is 0 Å². The first kappa shape index (κ1) is 18.2. The van der Waals surface area contributed by atoms with Crippen LogP contribution in [-0.4, -0.2) is 48.3 Å². The number of hydrogen-bond donors (Lipinski definition) is 2. The fraction of sp³-hybridized carbons (Fsp3) is 0.400. The van der Waals surface area contributed by atoms with Crippen LogP contribution >= 0.6 is 0 Å². The van der Waals surface area contributed by atoms with Crippen LogP contribution in [0.5, 0.6) is 5.75 Å². The van der Waals surface area contributed by atoms with Crippen molar-refractivity contribution in [1.29, 1.82) is 0 Å². The number of likely N-dealkylation sites (tertiary alicyclic amines) is 1. The van der Waals surface area contributed by atoms with E-state index in [9.17, 15) is 9.59 Å². The molecule has 2 aromatic rings. The molecule has 0 saturated carbocycles. The zero-order valence-electron chi connectivity index (χ0n) is 15.2. The summed E-state index contributed by atoms with van der Waals surface area (Å²) in [6, 6.07) is 9.71. The van der Waals surface area contributed by atoms with Crippen molar-refractivity contribution < 1.29 is 14.3 Å². The summed E-state index contributed by atoms with van der Waals surface area (Å²) in [4.78, 5) is 29.1. The van der Waals surface area contributed by atoms with E-state index in [2.05, 4.69) is 27.3 Å². The minimum atomic E-state index is -0.199. The lowest BCUT2D eigenvalue weighted by Crippen LogP contribution is -2.36. The van der Waals surface area contributed by atoms with Gasteiger partial charge in [0.2, 0.25) is 0 Å². The number of ether oxygens (including phenoxy) is 1. The molecule has 1 fully saturated rings. The second kappa shape index (κ2) is 8.19. The number of rotatable bonds is 7. The number of Topliss-reactive ketones (excluding diaryl/α,β-unsaturated/α-hetero) is 1. The van der Waals surface area contributed by atoms with Crippen LogP contribution < -0.4 is 10.1 Å². The van der Waals surface area contributed by atoms with Crippen LogP contribution in [0.2, 0.25) is 0 Å². The normalized spacial score (nSPS) is 15.6. The van der Waals surface area contributed by atoms with Gasteiger partial charge in [0.15, 0.2) is 5.78 Å². The van der Waals surface area contributed by atoms with Gasteiger partial charge in [-0.05, 0) is 56.6 Å². The Morgan fingerprint density at radius 1 is 1.23 bits per heavy atom. The zero-order chi connectivity index (χ0) is 18.5. The second-order valence-electron chi connectivity index (χ2n) is 6.60. The Balaban J connectivity index is 1.70. The minimum absolute atomic E-state index is 0.0616. The number of nitrogens with zero attached hydrogens (tertiary/aromatic N) is 1. The maximum Gasteiger partial charge on any atom is 0.267 e. The van der Waals surface area contributed by atoms with Crippen LogP contribution in [0.4, 0.5) is 0 Å². The number of H-pyrrole nitrogens is 1. The molecule has 1 aromatic heterocycles. The largest absolute Gasteiger partial charge is 0.497 e. The van der Waals surface area contributed by atoms with Crippen LogP contribution in [0.15, 0.2) is 36.5 Å². The molecule has 0 unspecified atom stereocenters. The summed E-state index contributed by atoms with van der Waals surface area (Å²) in [7, 11) is 1.65. The standard InChI is InChI=1S/C20H25N3O3/c1-14(24)16-11-18(21-12-16)20(25)22-13-19(23-9-3-4-10-23)15-5-7-17(26-2)8-6-15/h5-8,11-12,19,21H,3-4,9-10,13H2,1-2H3,(H,22,25)/t19-/m0/s1. The monoisotopic (exact) mass is 355 g/mol. The van der Waals surface area contributed by atoms with Crippen molar-refractivity contribution in [3.8, 4) is 5.75 Å². The molecule has 138 valence electrons. The van der Waals surface area contributed by atoms with E-state index in [0.29, 0.717) is 17.8 Å². The summed E-state index contributed by atoms with van der Waals surface area (Å²) in [6.45, 7) is 4.06. The lowest BCUT2D eigenvalue weighted by molar-refractivity contribution is 0.0933. The van der Waals surface area contributed by atoms with Gasteiger partial charge in [-0.1, -0.05) is 12.1 Å². The number of hydrogen-bond acceptors (Lipinski definition) is 4. The highest BCUT2D eigenvalue weighted by atomic mass is 16.5. The molecule has 0 spiro atoms. The third-order valence-corrected chi connectivity index (χ3v) is 4.87. The molecule has 2 N–H and O–H groups in total. The highest BCUT2D eigenvalue weighted by Crippen LogP contribution is 2.26. The SMILES string of the molecule is COc1ccc([C@H](CNC(=O)c2cc(C(C)=O)c[nH]2)N2CCCC2)cc1. The van der Waals surface area contributed by atoms with Gasteiger partial charge in [-0.15, -0.1) is 0 Å². The number of nitrogens with one attached hydrogen (secondary N) is 2. The molecular formula is C20H25N3O3. The molecule has 1 amide bonds. The molecule has 1 aliphatic heterocycles. The lowest BCUT2D eigenvalue weighted by atomic mass is 10.1. The molecule has 0 aliphatic carbocycles. The molecule has 3 rings (SSSR count). The Morgan fingerprint density at radius 3 is 2.50 bits per heavy atom. The molecule has 1 aromatic carbocycles. The second-order valence-corrected chi connectivity index (χ2v) is 6.60. The highest BCUT2D eigenvalue weighted by Gasteiger charge is 2.24. The van der Waals surface area contributed by atoms with E-state index in [1.54, 1.807) is 19.4 Å². The van der Waals surface area contributed by atoms with E-state index in [0.717, 1.165) is 24.4 Å². The topological polar surface area (TPSA) is 74.4 Å². The quantitative estimate of drug-likeness (QED) is 0.749. The molecular weight excluding hydrogens is 330 g/mol. The highest BCUT2D eigenvalue weighted by molar-refractivity contribution is 5.99. The van der Waals surface area contributed by atoms with E-state index in [-0.39, 0.29) is 17.7 Å². The Morgan fingerprint density at radius 2 is 1.92 bits per heavy atom. The van der Waals surface area contributed by atoms with E-state index >= 15 is 0 Å². The molecule has 1 saturated heterocycles. The maximum absolute atomic E-state index is 12.4. The van der Waals surface area contributed by atoms with Gasteiger partial charge in [0, 0.05) is 18.3 Å². The smallest absolute Gasteiger partial charge is 0.267 e. The van der Waals surface area contributed by atoms with Crippen LogP contribution in [0, 0.1) is 0 Å². The van der Waals surface area contributed by atoms with Gasteiger partial charge < -0.3 is 15.0 Å². The van der Waals surface area contributed by atoms with E-state index in [1.807, 2.05) is 12.1 Å².